The minimum absolute atomic E-state index is 0.202. The van der Waals surface area contributed by atoms with E-state index in [2.05, 4.69) is 15.3 Å². The van der Waals surface area contributed by atoms with Crippen LogP contribution in [0.25, 0.3) is 0 Å². The van der Waals surface area contributed by atoms with Crippen molar-refractivity contribution in [3.05, 3.63) is 82.9 Å². The first kappa shape index (κ1) is 16.1. The summed E-state index contributed by atoms with van der Waals surface area (Å²) in [6.45, 7) is 0.202. The molecule has 0 radical (unpaired) electrons. The number of aromatic amines is 1. The molecule has 6 heteroatoms. The summed E-state index contributed by atoms with van der Waals surface area (Å²) >= 11 is 5.80. The lowest BCUT2D eigenvalue weighted by Crippen LogP contribution is -2.13. The van der Waals surface area contributed by atoms with E-state index in [1.165, 1.54) is 0 Å². The number of halogens is 1. The fourth-order valence-electron chi connectivity index (χ4n) is 2.26. The van der Waals surface area contributed by atoms with Gasteiger partial charge in [-0.25, -0.2) is 9.78 Å². The standard InChI is InChI=1S/C18H16ClN3O2/c19-15-4-6-16(7-5-15)22-18(23)24-11-14-3-1-2-13(8-14)9-17-10-20-12-21-17/h1-8,10,12H,9,11H2,(H,20,21)(H,22,23). The number of hydrogen-bond donors (Lipinski definition) is 2. The summed E-state index contributed by atoms with van der Waals surface area (Å²) < 4.78 is 5.25. The number of aromatic nitrogens is 2. The maximum Gasteiger partial charge on any atom is 0.411 e. The second-order valence-corrected chi connectivity index (χ2v) is 5.70. The van der Waals surface area contributed by atoms with Crippen LogP contribution in [0.5, 0.6) is 0 Å². The second-order valence-electron chi connectivity index (χ2n) is 5.27. The van der Waals surface area contributed by atoms with Crippen LogP contribution in [0, 0.1) is 0 Å². The average molecular weight is 342 g/mol. The molecule has 1 amide bonds. The highest BCUT2D eigenvalue weighted by Gasteiger charge is 2.05. The number of amides is 1. The zero-order chi connectivity index (χ0) is 16.8. The Kier molecular flexibility index (Phi) is 5.13. The van der Waals surface area contributed by atoms with Crippen LogP contribution in [0.2, 0.25) is 5.02 Å². The van der Waals surface area contributed by atoms with E-state index in [9.17, 15) is 4.79 Å². The van der Waals surface area contributed by atoms with Crippen molar-refractivity contribution in [3.63, 3.8) is 0 Å². The molecule has 3 rings (SSSR count). The molecule has 0 aliphatic rings. The van der Waals surface area contributed by atoms with Gasteiger partial charge in [0.2, 0.25) is 0 Å². The van der Waals surface area contributed by atoms with Crippen molar-refractivity contribution in [3.8, 4) is 0 Å². The van der Waals surface area contributed by atoms with Crippen molar-refractivity contribution in [2.75, 3.05) is 5.32 Å². The number of nitrogens with zero attached hydrogens (tertiary/aromatic N) is 1. The molecule has 3 aromatic rings. The number of anilines is 1. The van der Waals surface area contributed by atoms with E-state index < -0.39 is 6.09 Å². The first-order valence-electron chi connectivity index (χ1n) is 7.44. The maximum atomic E-state index is 11.8. The van der Waals surface area contributed by atoms with E-state index in [-0.39, 0.29) is 6.61 Å². The van der Waals surface area contributed by atoms with E-state index in [1.54, 1.807) is 30.6 Å². The van der Waals surface area contributed by atoms with Gasteiger partial charge in [-0.1, -0.05) is 35.9 Å². The number of carbonyl (C=O) groups excluding carboxylic acids is 1. The van der Waals surface area contributed by atoms with Gasteiger partial charge in [-0.15, -0.1) is 0 Å². The molecule has 0 saturated heterocycles. The zero-order valence-corrected chi connectivity index (χ0v) is 13.6. The molecule has 122 valence electrons. The lowest BCUT2D eigenvalue weighted by molar-refractivity contribution is 0.155. The summed E-state index contributed by atoms with van der Waals surface area (Å²) in [5.74, 6) is 0. The quantitative estimate of drug-likeness (QED) is 0.722. The molecular formula is C18H16ClN3O2. The molecule has 0 unspecified atom stereocenters. The first-order chi connectivity index (χ1) is 11.7. The molecule has 0 saturated carbocycles. The van der Waals surface area contributed by atoms with Crippen LogP contribution in [-0.4, -0.2) is 16.1 Å². The molecular weight excluding hydrogens is 326 g/mol. The van der Waals surface area contributed by atoms with Crippen molar-refractivity contribution < 1.29 is 9.53 Å². The third kappa shape index (κ3) is 4.60. The largest absolute Gasteiger partial charge is 0.444 e. The van der Waals surface area contributed by atoms with Crippen LogP contribution in [0.15, 0.2) is 61.1 Å². The van der Waals surface area contributed by atoms with Gasteiger partial charge in [0.25, 0.3) is 0 Å². The summed E-state index contributed by atoms with van der Waals surface area (Å²) in [7, 11) is 0. The van der Waals surface area contributed by atoms with Gasteiger partial charge in [-0.05, 0) is 35.4 Å². The Labute approximate surface area is 144 Å². The van der Waals surface area contributed by atoms with Crippen molar-refractivity contribution >= 4 is 23.4 Å². The highest BCUT2D eigenvalue weighted by molar-refractivity contribution is 6.30. The fourth-order valence-corrected chi connectivity index (χ4v) is 2.39. The highest BCUT2D eigenvalue weighted by Crippen LogP contribution is 2.14. The Bertz CT molecular complexity index is 801. The zero-order valence-electron chi connectivity index (χ0n) is 12.8. The molecule has 0 fully saturated rings. The SMILES string of the molecule is O=C(Nc1ccc(Cl)cc1)OCc1cccc(Cc2c[nH]cn2)c1. The Balaban J connectivity index is 1.54. The third-order valence-corrected chi connectivity index (χ3v) is 3.64. The van der Waals surface area contributed by atoms with Crippen LogP contribution in [-0.2, 0) is 17.8 Å². The molecule has 0 bridgehead atoms. The van der Waals surface area contributed by atoms with Gasteiger partial charge >= 0.3 is 6.09 Å². The third-order valence-electron chi connectivity index (χ3n) is 3.39. The van der Waals surface area contributed by atoms with Gasteiger partial charge < -0.3 is 9.72 Å². The molecule has 2 aromatic carbocycles. The Morgan fingerprint density at radius 3 is 2.71 bits per heavy atom. The number of benzene rings is 2. The van der Waals surface area contributed by atoms with Crippen LogP contribution in [0.1, 0.15) is 16.8 Å². The summed E-state index contributed by atoms with van der Waals surface area (Å²) in [4.78, 5) is 19.0. The Morgan fingerprint density at radius 2 is 1.96 bits per heavy atom. The summed E-state index contributed by atoms with van der Waals surface area (Å²) in [5.41, 5.74) is 3.64. The normalized spacial score (nSPS) is 10.4. The lowest BCUT2D eigenvalue weighted by Gasteiger charge is -2.08. The number of imidazole rings is 1. The van der Waals surface area contributed by atoms with E-state index in [1.807, 2.05) is 30.5 Å². The van der Waals surface area contributed by atoms with Crippen LogP contribution in [0.3, 0.4) is 0 Å². The summed E-state index contributed by atoms with van der Waals surface area (Å²) in [5, 5.41) is 3.27. The maximum absolute atomic E-state index is 11.8. The molecule has 24 heavy (non-hydrogen) atoms. The topological polar surface area (TPSA) is 67.0 Å². The Hall–Kier alpha value is -2.79. The molecule has 1 aromatic heterocycles. The minimum Gasteiger partial charge on any atom is -0.444 e. The number of nitrogens with one attached hydrogen (secondary N) is 2. The van der Waals surface area contributed by atoms with Crippen molar-refractivity contribution in [2.24, 2.45) is 0 Å². The number of H-pyrrole nitrogens is 1. The summed E-state index contributed by atoms with van der Waals surface area (Å²) in [6, 6.07) is 14.7. The number of rotatable bonds is 5. The van der Waals surface area contributed by atoms with E-state index in [0.29, 0.717) is 10.7 Å². The highest BCUT2D eigenvalue weighted by atomic mass is 35.5. The van der Waals surface area contributed by atoms with Gasteiger partial charge in [0.05, 0.1) is 12.0 Å². The van der Waals surface area contributed by atoms with Gasteiger partial charge in [0, 0.05) is 23.3 Å². The van der Waals surface area contributed by atoms with Crippen molar-refractivity contribution in [2.45, 2.75) is 13.0 Å². The molecule has 5 nitrogen and oxygen atoms in total. The molecule has 2 N–H and O–H groups in total. The van der Waals surface area contributed by atoms with Gasteiger partial charge in [-0.2, -0.15) is 0 Å². The molecule has 0 aliphatic carbocycles. The first-order valence-corrected chi connectivity index (χ1v) is 7.82. The van der Waals surface area contributed by atoms with E-state index in [4.69, 9.17) is 16.3 Å². The predicted octanol–water partition coefficient (Wildman–Crippen LogP) is 4.40. The minimum atomic E-state index is -0.505. The molecule has 0 aliphatic heterocycles. The molecule has 1 heterocycles. The van der Waals surface area contributed by atoms with E-state index in [0.717, 1.165) is 23.2 Å². The van der Waals surface area contributed by atoms with Crippen LogP contribution >= 0.6 is 11.6 Å². The number of ether oxygens (including phenoxy) is 1. The number of hydrogen-bond acceptors (Lipinski definition) is 3. The Morgan fingerprint density at radius 1 is 1.17 bits per heavy atom. The predicted molar refractivity (Wildman–Crippen MR) is 93.1 cm³/mol. The van der Waals surface area contributed by atoms with Gasteiger partial charge in [0.1, 0.15) is 6.61 Å². The average Bonchev–Trinajstić information content (AvgIpc) is 3.08. The number of carbonyl (C=O) groups is 1. The van der Waals surface area contributed by atoms with E-state index >= 15 is 0 Å². The van der Waals surface area contributed by atoms with Crippen molar-refractivity contribution in [1.29, 1.82) is 0 Å². The van der Waals surface area contributed by atoms with Gasteiger partial charge in [0.15, 0.2) is 0 Å². The summed E-state index contributed by atoms with van der Waals surface area (Å²) in [6.07, 6.45) is 3.75. The monoisotopic (exact) mass is 341 g/mol. The van der Waals surface area contributed by atoms with Crippen LogP contribution in [0.4, 0.5) is 10.5 Å². The van der Waals surface area contributed by atoms with Gasteiger partial charge in [-0.3, -0.25) is 5.32 Å². The molecule has 0 atom stereocenters. The van der Waals surface area contributed by atoms with Crippen molar-refractivity contribution in [1.82, 2.24) is 9.97 Å². The van der Waals surface area contributed by atoms with Crippen LogP contribution < -0.4 is 5.32 Å². The fraction of sp³-hybridized carbons (Fsp3) is 0.111. The second kappa shape index (κ2) is 7.66. The smallest absolute Gasteiger partial charge is 0.411 e. The molecule has 0 spiro atoms. The lowest BCUT2D eigenvalue weighted by atomic mass is 10.1.